The molecule has 1 fully saturated rings. The van der Waals surface area contributed by atoms with Gasteiger partial charge in [0, 0.05) is 26.1 Å². The third-order valence-electron chi connectivity index (χ3n) is 3.80. The highest BCUT2D eigenvalue weighted by Gasteiger charge is 2.25. The van der Waals surface area contributed by atoms with Gasteiger partial charge in [-0.1, -0.05) is 6.92 Å². The number of alkyl carbamates (subject to hydrolysis) is 1. The van der Waals surface area contributed by atoms with Gasteiger partial charge in [0.25, 0.3) is 0 Å². The van der Waals surface area contributed by atoms with Crippen LogP contribution in [0, 0.1) is 5.92 Å². The van der Waals surface area contributed by atoms with Crippen LogP contribution in [0.3, 0.4) is 0 Å². The Kier molecular flexibility index (Phi) is 8.01. The smallest absolute Gasteiger partial charge is 0.408 e. The zero-order valence-electron chi connectivity index (χ0n) is 15.3. The van der Waals surface area contributed by atoms with Crippen molar-refractivity contribution in [1.82, 2.24) is 15.5 Å². The normalized spacial score (nSPS) is 15.8. The van der Waals surface area contributed by atoms with Gasteiger partial charge in [0.05, 0.1) is 0 Å². The molecule has 1 aliphatic rings. The van der Waals surface area contributed by atoms with Crippen LogP contribution in [-0.4, -0.2) is 54.6 Å². The van der Waals surface area contributed by atoms with Gasteiger partial charge >= 0.3 is 6.09 Å². The van der Waals surface area contributed by atoms with Crippen LogP contribution in [0.5, 0.6) is 0 Å². The molecule has 24 heavy (non-hydrogen) atoms. The summed E-state index contributed by atoms with van der Waals surface area (Å²) in [5, 5.41) is 5.37. The van der Waals surface area contributed by atoms with Crippen LogP contribution in [0.4, 0.5) is 4.79 Å². The maximum Gasteiger partial charge on any atom is 0.408 e. The van der Waals surface area contributed by atoms with E-state index in [9.17, 15) is 14.4 Å². The first-order valence-corrected chi connectivity index (χ1v) is 8.72. The highest BCUT2D eigenvalue weighted by Crippen LogP contribution is 2.20. The van der Waals surface area contributed by atoms with E-state index in [0.717, 1.165) is 19.3 Å². The lowest BCUT2D eigenvalue weighted by Gasteiger charge is -2.32. The average Bonchev–Trinajstić information content (AvgIpc) is 2.49. The minimum Gasteiger partial charge on any atom is -0.444 e. The van der Waals surface area contributed by atoms with Gasteiger partial charge in [0.2, 0.25) is 11.8 Å². The molecule has 0 unspecified atom stereocenters. The number of piperidine rings is 1. The zero-order chi connectivity index (χ0) is 18.2. The summed E-state index contributed by atoms with van der Waals surface area (Å²) in [6.45, 7) is 9.25. The summed E-state index contributed by atoms with van der Waals surface area (Å²) >= 11 is 0. The Hall–Kier alpha value is -1.79. The van der Waals surface area contributed by atoms with E-state index in [4.69, 9.17) is 4.74 Å². The average molecular weight is 341 g/mol. The molecule has 0 aromatic rings. The second kappa shape index (κ2) is 9.49. The van der Waals surface area contributed by atoms with Crippen molar-refractivity contribution in [3.05, 3.63) is 0 Å². The Balaban J connectivity index is 2.25. The molecule has 2 N–H and O–H groups in total. The monoisotopic (exact) mass is 341 g/mol. The predicted octanol–water partition coefficient (Wildman–Crippen LogP) is 1.67. The summed E-state index contributed by atoms with van der Waals surface area (Å²) in [4.78, 5) is 37.1. The SMILES string of the molecule is CCCNC(=O)CC1CCN(C(=O)CNC(=O)OC(C)(C)C)CC1. The van der Waals surface area contributed by atoms with E-state index < -0.39 is 11.7 Å². The van der Waals surface area contributed by atoms with Crippen LogP contribution in [0.2, 0.25) is 0 Å². The molecule has 0 aromatic carbocycles. The number of likely N-dealkylation sites (tertiary alicyclic amines) is 1. The van der Waals surface area contributed by atoms with Crippen LogP contribution in [0.1, 0.15) is 53.4 Å². The Bertz CT molecular complexity index is 438. The Morgan fingerprint density at radius 3 is 2.29 bits per heavy atom. The van der Waals surface area contributed by atoms with E-state index in [1.54, 1.807) is 25.7 Å². The molecular weight excluding hydrogens is 310 g/mol. The molecule has 0 aromatic heterocycles. The summed E-state index contributed by atoms with van der Waals surface area (Å²) in [5.74, 6) is 0.299. The first-order chi connectivity index (χ1) is 11.2. The van der Waals surface area contributed by atoms with Gasteiger partial charge in [-0.2, -0.15) is 0 Å². The molecule has 1 aliphatic heterocycles. The summed E-state index contributed by atoms with van der Waals surface area (Å²) in [6.07, 6.45) is 2.51. The fourth-order valence-electron chi connectivity index (χ4n) is 2.56. The van der Waals surface area contributed by atoms with Crippen molar-refractivity contribution in [3.63, 3.8) is 0 Å². The number of amides is 3. The molecule has 7 nitrogen and oxygen atoms in total. The number of rotatable bonds is 6. The number of hydrogen-bond acceptors (Lipinski definition) is 4. The molecule has 1 saturated heterocycles. The van der Waals surface area contributed by atoms with E-state index in [0.29, 0.717) is 32.0 Å². The third-order valence-corrected chi connectivity index (χ3v) is 3.80. The summed E-state index contributed by atoms with van der Waals surface area (Å²) < 4.78 is 5.10. The van der Waals surface area contributed by atoms with Gasteiger partial charge in [0.15, 0.2) is 0 Å². The van der Waals surface area contributed by atoms with Crippen molar-refractivity contribution in [2.24, 2.45) is 5.92 Å². The minimum atomic E-state index is -0.585. The van der Waals surface area contributed by atoms with E-state index in [2.05, 4.69) is 10.6 Å². The molecule has 1 heterocycles. The molecule has 7 heteroatoms. The number of carbonyl (C=O) groups is 3. The van der Waals surface area contributed by atoms with Crippen LogP contribution in [0.15, 0.2) is 0 Å². The van der Waals surface area contributed by atoms with Crippen LogP contribution < -0.4 is 10.6 Å². The highest BCUT2D eigenvalue weighted by molar-refractivity contribution is 5.82. The highest BCUT2D eigenvalue weighted by atomic mass is 16.6. The first-order valence-electron chi connectivity index (χ1n) is 8.72. The number of hydrogen-bond donors (Lipinski definition) is 2. The lowest BCUT2D eigenvalue weighted by atomic mass is 9.93. The predicted molar refractivity (Wildman–Crippen MR) is 91.5 cm³/mol. The van der Waals surface area contributed by atoms with Crippen molar-refractivity contribution < 1.29 is 19.1 Å². The minimum absolute atomic E-state index is 0.0590. The maximum absolute atomic E-state index is 12.1. The van der Waals surface area contributed by atoms with Gasteiger partial charge in [-0.15, -0.1) is 0 Å². The standard InChI is InChI=1S/C17H31N3O4/c1-5-8-18-14(21)11-13-6-9-20(10-7-13)15(22)12-19-16(23)24-17(2,3)4/h13H,5-12H2,1-4H3,(H,18,21)(H,19,23). The number of nitrogens with one attached hydrogen (secondary N) is 2. The van der Waals surface area contributed by atoms with Gasteiger partial charge in [-0.25, -0.2) is 4.79 Å². The molecular formula is C17H31N3O4. The lowest BCUT2D eigenvalue weighted by Crippen LogP contribution is -2.45. The van der Waals surface area contributed by atoms with E-state index in [1.807, 2.05) is 6.92 Å². The largest absolute Gasteiger partial charge is 0.444 e. The summed E-state index contributed by atoms with van der Waals surface area (Å²) in [6, 6.07) is 0. The molecule has 138 valence electrons. The summed E-state index contributed by atoms with van der Waals surface area (Å²) in [7, 11) is 0. The molecule has 0 saturated carbocycles. The molecule has 0 radical (unpaired) electrons. The maximum atomic E-state index is 12.1. The van der Waals surface area contributed by atoms with Crippen LogP contribution in [0.25, 0.3) is 0 Å². The molecule has 3 amide bonds. The third kappa shape index (κ3) is 8.17. The molecule has 0 atom stereocenters. The van der Waals surface area contributed by atoms with Crippen LogP contribution in [-0.2, 0) is 14.3 Å². The van der Waals surface area contributed by atoms with Crippen LogP contribution >= 0.6 is 0 Å². The van der Waals surface area contributed by atoms with Crippen molar-refractivity contribution in [2.45, 2.75) is 59.0 Å². The second-order valence-electron chi connectivity index (χ2n) is 7.23. The lowest BCUT2D eigenvalue weighted by molar-refractivity contribution is -0.131. The van der Waals surface area contributed by atoms with E-state index in [1.165, 1.54) is 0 Å². The quantitative estimate of drug-likeness (QED) is 0.769. The van der Waals surface area contributed by atoms with Gasteiger partial charge in [0.1, 0.15) is 12.1 Å². The first kappa shape index (κ1) is 20.3. The molecule has 0 aliphatic carbocycles. The van der Waals surface area contributed by atoms with Crippen molar-refractivity contribution in [3.8, 4) is 0 Å². The van der Waals surface area contributed by atoms with E-state index in [-0.39, 0.29) is 18.4 Å². The molecule has 0 spiro atoms. The molecule has 1 rings (SSSR count). The van der Waals surface area contributed by atoms with Gasteiger partial charge in [-0.3, -0.25) is 9.59 Å². The van der Waals surface area contributed by atoms with Crippen molar-refractivity contribution in [1.29, 1.82) is 0 Å². The Labute approximate surface area is 144 Å². The van der Waals surface area contributed by atoms with Crippen molar-refractivity contribution in [2.75, 3.05) is 26.2 Å². The van der Waals surface area contributed by atoms with Gasteiger partial charge < -0.3 is 20.3 Å². The second-order valence-corrected chi connectivity index (χ2v) is 7.23. The number of nitrogens with zero attached hydrogens (tertiary/aromatic N) is 1. The Morgan fingerprint density at radius 2 is 1.75 bits per heavy atom. The van der Waals surface area contributed by atoms with E-state index >= 15 is 0 Å². The fraction of sp³-hybridized carbons (Fsp3) is 0.824. The van der Waals surface area contributed by atoms with Gasteiger partial charge in [-0.05, 0) is 46.0 Å². The Morgan fingerprint density at radius 1 is 1.12 bits per heavy atom. The number of carbonyl (C=O) groups excluding carboxylic acids is 3. The topological polar surface area (TPSA) is 87.7 Å². The number of ether oxygens (including phenoxy) is 1. The fourth-order valence-corrected chi connectivity index (χ4v) is 2.56. The molecule has 0 bridgehead atoms. The summed E-state index contributed by atoms with van der Waals surface area (Å²) in [5.41, 5.74) is -0.580. The van der Waals surface area contributed by atoms with Crippen molar-refractivity contribution >= 4 is 17.9 Å². The zero-order valence-corrected chi connectivity index (χ0v) is 15.3.